The zero-order valence-electron chi connectivity index (χ0n) is 10.2. The minimum Gasteiger partial charge on any atom is -0.292 e. The number of aryl methyl sites for hydroxylation is 2. The van der Waals surface area contributed by atoms with Gasteiger partial charge >= 0.3 is 5.69 Å². The maximum absolute atomic E-state index is 12.4. The summed E-state index contributed by atoms with van der Waals surface area (Å²) in [4.78, 5) is 12.4. The topological polar surface area (TPSA) is 26.9 Å². The van der Waals surface area contributed by atoms with E-state index in [2.05, 4.69) is 25.3 Å². The van der Waals surface area contributed by atoms with E-state index in [9.17, 15) is 4.79 Å². The number of rotatable bonds is 6. The van der Waals surface area contributed by atoms with Crippen molar-refractivity contribution in [3.8, 4) is 0 Å². The average molecular weight is 282 g/mol. The minimum absolute atomic E-state index is 0.0831. The zero-order chi connectivity index (χ0) is 13.0. The van der Waals surface area contributed by atoms with E-state index in [1.54, 1.807) is 0 Å². The second kappa shape index (κ2) is 6.38. The Bertz CT molecular complexity index is 526. The Hall–Kier alpha value is -0.810. The van der Waals surface area contributed by atoms with Crippen LogP contribution in [0.15, 0.2) is 29.1 Å². The molecule has 0 amide bonds. The highest BCUT2D eigenvalue weighted by atomic mass is 32.1. The quantitative estimate of drug-likeness (QED) is 0.782. The van der Waals surface area contributed by atoms with Gasteiger partial charge in [0.25, 0.3) is 0 Å². The molecular weight excluding hydrogens is 264 g/mol. The van der Waals surface area contributed by atoms with E-state index in [-0.39, 0.29) is 5.69 Å². The molecule has 2 aromatic rings. The lowest BCUT2D eigenvalue weighted by Gasteiger charge is -2.00. The van der Waals surface area contributed by atoms with Gasteiger partial charge in [-0.25, -0.2) is 4.79 Å². The van der Waals surface area contributed by atoms with Crippen LogP contribution in [0, 0.1) is 0 Å². The van der Waals surface area contributed by atoms with Crippen LogP contribution in [-0.4, -0.2) is 20.6 Å². The van der Waals surface area contributed by atoms with Crippen LogP contribution < -0.4 is 5.69 Å². The molecule has 0 radical (unpaired) electrons. The van der Waals surface area contributed by atoms with Crippen LogP contribution in [0.1, 0.15) is 12.8 Å². The molecule has 2 rings (SSSR count). The molecule has 1 aromatic heterocycles. The summed E-state index contributed by atoms with van der Waals surface area (Å²) in [5.74, 6) is 1.59. The molecule has 5 heteroatoms. The number of hydrogen-bond acceptors (Lipinski definition) is 3. The van der Waals surface area contributed by atoms with Gasteiger partial charge in [-0.2, -0.15) is 25.3 Å². The van der Waals surface area contributed by atoms with Crippen LogP contribution in [0.3, 0.4) is 0 Å². The van der Waals surface area contributed by atoms with Crippen LogP contribution >= 0.6 is 25.3 Å². The van der Waals surface area contributed by atoms with Gasteiger partial charge in [0.2, 0.25) is 0 Å². The molecular formula is C13H18N2OS2. The molecule has 0 fully saturated rings. The number of aromatic nitrogens is 2. The lowest BCUT2D eigenvalue weighted by Crippen LogP contribution is -2.24. The predicted molar refractivity (Wildman–Crippen MR) is 83.1 cm³/mol. The van der Waals surface area contributed by atoms with E-state index < -0.39 is 0 Å². The molecule has 0 saturated heterocycles. The van der Waals surface area contributed by atoms with Gasteiger partial charge < -0.3 is 0 Å². The second-order valence-electron chi connectivity index (χ2n) is 4.23. The summed E-state index contributed by atoms with van der Waals surface area (Å²) in [6.45, 7) is 1.47. The Morgan fingerprint density at radius 3 is 1.72 bits per heavy atom. The first-order valence-electron chi connectivity index (χ1n) is 6.19. The average Bonchev–Trinajstić information content (AvgIpc) is 2.66. The molecule has 0 spiro atoms. The van der Waals surface area contributed by atoms with E-state index in [4.69, 9.17) is 0 Å². The summed E-state index contributed by atoms with van der Waals surface area (Å²) in [7, 11) is 0. The maximum Gasteiger partial charge on any atom is 0.329 e. The highest BCUT2D eigenvalue weighted by Gasteiger charge is 2.11. The molecule has 0 bridgehead atoms. The van der Waals surface area contributed by atoms with E-state index in [1.807, 2.05) is 33.4 Å². The van der Waals surface area contributed by atoms with Gasteiger partial charge in [-0.15, -0.1) is 0 Å². The zero-order valence-corrected chi connectivity index (χ0v) is 12.0. The fourth-order valence-electron chi connectivity index (χ4n) is 2.16. The molecule has 1 heterocycles. The molecule has 98 valence electrons. The van der Waals surface area contributed by atoms with Crippen molar-refractivity contribution in [1.29, 1.82) is 0 Å². The largest absolute Gasteiger partial charge is 0.329 e. The van der Waals surface area contributed by atoms with Gasteiger partial charge in [0.05, 0.1) is 11.0 Å². The number of hydrogen-bond donors (Lipinski definition) is 2. The van der Waals surface area contributed by atoms with Gasteiger partial charge in [0.15, 0.2) is 0 Å². The highest BCUT2D eigenvalue weighted by Crippen LogP contribution is 2.13. The lowest BCUT2D eigenvalue weighted by atomic mass is 10.3. The SMILES string of the molecule is O=c1n(CCCS)c2ccccc2n1CCCS. The van der Waals surface area contributed by atoms with Crippen molar-refractivity contribution in [1.82, 2.24) is 9.13 Å². The minimum atomic E-state index is 0.0831. The van der Waals surface area contributed by atoms with Crippen LogP contribution in [-0.2, 0) is 13.1 Å². The molecule has 0 aliphatic heterocycles. The van der Waals surface area contributed by atoms with Crippen molar-refractivity contribution in [3.63, 3.8) is 0 Å². The van der Waals surface area contributed by atoms with Crippen LogP contribution in [0.5, 0.6) is 0 Å². The first-order valence-corrected chi connectivity index (χ1v) is 7.46. The number of nitrogens with zero attached hydrogens (tertiary/aromatic N) is 2. The molecule has 3 nitrogen and oxygen atoms in total. The third-order valence-corrected chi connectivity index (χ3v) is 3.64. The second-order valence-corrected chi connectivity index (χ2v) is 5.12. The number of para-hydroxylation sites is 2. The van der Waals surface area contributed by atoms with Gasteiger partial charge in [-0.05, 0) is 36.5 Å². The number of benzene rings is 1. The standard InChI is InChI=1S/C13H18N2OS2/c16-13-14(7-3-9-17)11-5-1-2-6-12(11)15(13)8-4-10-18/h1-2,5-6,17-18H,3-4,7-10H2. The van der Waals surface area contributed by atoms with E-state index in [0.717, 1.165) is 48.5 Å². The fourth-order valence-corrected chi connectivity index (χ4v) is 2.45. The summed E-state index contributed by atoms with van der Waals surface area (Å²) in [5.41, 5.74) is 2.12. The monoisotopic (exact) mass is 282 g/mol. The number of fused-ring (bicyclic) bond motifs is 1. The first-order chi connectivity index (χ1) is 8.79. The predicted octanol–water partition coefficient (Wildman–Crippen LogP) is 2.44. The van der Waals surface area contributed by atoms with Crippen molar-refractivity contribution in [2.24, 2.45) is 0 Å². The van der Waals surface area contributed by atoms with Crippen LogP contribution in [0.4, 0.5) is 0 Å². The summed E-state index contributed by atoms with van der Waals surface area (Å²) >= 11 is 8.42. The summed E-state index contributed by atoms with van der Waals surface area (Å²) in [6, 6.07) is 7.96. The molecule has 0 aliphatic rings. The van der Waals surface area contributed by atoms with E-state index >= 15 is 0 Å². The molecule has 0 saturated carbocycles. The van der Waals surface area contributed by atoms with E-state index in [1.165, 1.54) is 0 Å². The smallest absolute Gasteiger partial charge is 0.292 e. The van der Waals surface area contributed by atoms with Crippen molar-refractivity contribution in [2.45, 2.75) is 25.9 Å². The van der Waals surface area contributed by atoms with Crippen molar-refractivity contribution in [3.05, 3.63) is 34.7 Å². The third kappa shape index (κ3) is 2.62. The van der Waals surface area contributed by atoms with Gasteiger partial charge in [-0.1, -0.05) is 12.1 Å². The molecule has 1 aromatic carbocycles. The lowest BCUT2D eigenvalue weighted by molar-refractivity contribution is 0.612. The normalized spacial score (nSPS) is 11.2. The van der Waals surface area contributed by atoms with Gasteiger partial charge in [0, 0.05) is 13.1 Å². The Balaban J connectivity index is 2.49. The van der Waals surface area contributed by atoms with Gasteiger partial charge in [-0.3, -0.25) is 9.13 Å². The molecule has 0 unspecified atom stereocenters. The molecule has 0 aliphatic carbocycles. The molecule has 0 atom stereocenters. The summed E-state index contributed by atoms with van der Waals surface area (Å²) < 4.78 is 3.70. The Kier molecular flexibility index (Phi) is 4.83. The molecule has 0 N–H and O–H groups in total. The Morgan fingerprint density at radius 2 is 1.33 bits per heavy atom. The highest BCUT2D eigenvalue weighted by molar-refractivity contribution is 7.80. The van der Waals surface area contributed by atoms with Crippen molar-refractivity contribution >= 4 is 36.3 Å². The number of imidazole rings is 1. The Morgan fingerprint density at radius 1 is 0.889 bits per heavy atom. The Labute approximate surface area is 118 Å². The van der Waals surface area contributed by atoms with Crippen molar-refractivity contribution < 1.29 is 0 Å². The van der Waals surface area contributed by atoms with Gasteiger partial charge in [0.1, 0.15) is 0 Å². The van der Waals surface area contributed by atoms with Crippen LogP contribution in [0.2, 0.25) is 0 Å². The molecule has 18 heavy (non-hydrogen) atoms. The summed E-state index contributed by atoms with van der Waals surface area (Å²) in [6.07, 6.45) is 1.81. The van der Waals surface area contributed by atoms with E-state index in [0.29, 0.717) is 0 Å². The van der Waals surface area contributed by atoms with Crippen molar-refractivity contribution in [2.75, 3.05) is 11.5 Å². The fraction of sp³-hybridized carbons (Fsp3) is 0.462. The first kappa shape index (κ1) is 13.6. The summed E-state index contributed by atoms with van der Waals surface area (Å²) in [5, 5.41) is 0. The number of thiol groups is 2. The third-order valence-electron chi connectivity index (χ3n) is 3.00. The maximum atomic E-state index is 12.4. The van der Waals surface area contributed by atoms with Crippen LogP contribution in [0.25, 0.3) is 11.0 Å².